The summed E-state index contributed by atoms with van der Waals surface area (Å²) in [7, 11) is 2.20. The zero-order valence-electron chi connectivity index (χ0n) is 13.0. The summed E-state index contributed by atoms with van der Waals surface area (Å²) >= 11 is 0. The van der Waals surface area contributed by atoms with Gasteiger partial charge in [0.2, 0.25) is 0 Å². The molecule has 3 N–H and O–H groups in total. The van der Waals surface area contributed by atoms with Gasteiger partial charge in [-0.1, -0.05) is 12.1 Å². The number of hydrogen-bond acceptors (Lipinski definition) is 3. The van der Waals surface area contributed by atoms with Gasteiger partial charge in [0.05, 0.1) is 0 Å². The Kier molecular flexibility index (Phi) is 4.16. The summed E-state index contributed by atoms with van der Waals surface area (Å²) in [4.78, 5) is 4.94. The molecule has 0 radical (unpaired) electrons. The number of nitrogens with two attached hydrogens (primary N) is 1. The quantitative estimate of drug-likeness (QED) is 0.653. The van der Waals surface area contributed by atoms with Crippen LogP contribution in [0.1, 0.15) is 30.5 Å². The van der Waals surface area contributed by atoms with Crippen molar-refractivity contribution in [2.24, 2.45) is 5.73 Å². The third-order valence-electron chi connectivity index (χ3n) is 4.44. The van der Waals surface area contributed by atoms with Gasteiger partial charge in [-0.05, 0) is 45.0 Å². The molecule has 2 rings (SSSR count). The van der Waals surface area contributed by atoms with Crippen LogP contribution in [-0.4, -0.2) is 47.9 Å². The topological polar surface area (TPSA) is 56.4 Å². The van der Waals surface area contributed by atoms with E-state index >= 15 is 0 Å². The molecule has 110 valence electrons. The molecule has 1 aromatic rings. The molecule has 0 amide bonds. The maximum atomic E-state index is 7.49. The first-order chi connectivity index (χ1) is 9.29. The molecular formula is C16H26N4. The van der Waals surface area contributed by atoms with Gasteiger partial charge in [-0.3, -0.25) is 15.2 Å². The van der Waals surface area contributed by atoms with E-state index in [0.717, 1.165) is 31.7 Å². The fourth-order valence-corrected chi connectivity index (χ4v) is 2.76. The predicted octanol–water partition coefficient (Wildman–Crippen LogP) is 1.81. The highest BCUT2D eigenvalue weighted by atomic mass is 15.3. The fourth-order valence-electron chi connectivity index (χ4n) is 2.76. The zero-order chi connectivity index (χ0) is 14.9. The van der Waals surface area contributed by atoms with Crippen LogP contribution in [0.4, 0.5) is 0 Å². The second kappa shape index (κ2) is 5.54. The van der Waals surface area contributed by atoms with E-state index < -0.39 is 0 Å². The molecule has 1 aliphatic rings. The van der Waals surface area contributed by atoms with Crippen LogP contribution in [0, 0.1) is 12.3 Å². The molecule has 4 nitrogen and oxygen atoms in total. The molecule has 0 bridgehead atoms. The molecule has 1 fully saturated rings. The molecule has 0 aliphatic carbocycles. The lowest BCUT2D eigenvalue weighted by atomic mass is 9.98. The standard InChI is InChI=1S/C16H26N4/c1-12-9-13(15(17)18)5-6-14(12)10-20-8-7-19(4)16(2,3)11-20/h5-6,9H,7-8,10-11H2,1-4H3,(H3,17,18). The van der Waals surface area contributed by atoms with Crippen LogP contribution in [0.2, 0.25) is 0 Å². The maximum absolute atomic E-state index is 7.49. The Morgan fingerprint density at radius 1 is 1.35 bits per heavy atom. The van der Waals surface area contributed by atoms with Crippen LogP contribution in [0.5, 0.6) is 0 Å². The number of piperazine rings is 1. The monoisotopic (exact) mass is 274 g/mol. The van der Waals surface area contributed by atoms with Gasteiger partial charge in [0.1, 0.15) is 5.84 Å². The first-order valence-corrected chi connectivity index (χ1v) is 7.17. The Morgan fingerprint density at radius 2 is 2.05 bits per heavy atom. The SMILES string of the molecule is Cc1cc(C(=N)N)ccc1CN1CCN(C)C(C)(C)C1. The van der Waals surface area contributed by atoms with E-state index in [9.17, 15) is 0 Å². The summed E-state index contributed by atoms with van der Waals surface area (Å²) in [6.45, 7) is 11.0. The van der Waals surface area contributed by atoms with Crippen LogP contribution in [0.25, 0.3) is 0 Å². The summed E-state index contributed by atoms with van der Waals surface area (Å²) in [6.07, 6.45) is 0. The first-order valence-electron chi connectivity index (χ1n) is 7.17. The van der Waals surface area contributed by atoms with Gasteiger partial charge >= 0.3 is 0 Å². The van der Waals surface area contributed by atoms with Gasteiger partial charge in [-0.2, -0.15) is 0 Å². The zero-order valence-corrected chi connectivity index (χ0v) is 13.0. The molecule has 4 heteroatoms. The van der Waals surface area contributed by atoms with Crippen molar-refractivity contribution in [3.63, 3.8) is 0 Å². The van der Waals surface area contributed by atoms with Gasteiger partial charge in [-0.25, -0.2) is 0 Å². The second-order valence-corrected chi connectivity index (χ2v) is 6.50. The predicted molar refractivity (Wildman–Crippen MR) is 84.2 cm³/mol. The fraction of sp³-hybridized carbons (Fsp3) is 0.562. The van der Waals surface area contributed by atoms with Crippen molar-refractivity contribution < 1.29 is 0 Å². The molecule has 1 heterocycles. The molecule has 20 heavy (non-hydrogen) atoms. The summed E-state index contributed by atoms with van der Waals surface area (Å²) in [5, 5.41) is 7.49. The molecule has 1 saturated heterocycles. The van der Waals surface area contributed by atoms with E-state index in [1.165, 1.54) is 11.1 Å². The summed E-state index contributed by atoms with van der Waals surface area (Å²) in [6, 6.07) is 6.07. The molecule has 0 atom stereocenters. The number of benzene rings is 1. The smallest absolute Gasteiger partial charge is 0.122 e. The van der Waals surface area contributed by atoms with E-state index in [-0.39, 0.29) is 11.4 Å². The van der Waals surface area contributed by atoms with Crippen molar-refractivity contribution in [1.82, 2.24) is 9.80 Å². The van der Waals surface area contributed by atoms with Gasteiger partial charge in [0.15, 0.2) is 0 Å². The van der Waals surface area contributed by atoms with Gasteiger partial charge < -0.3 is 5.73 Å². The highest BCUT2D eigenvalue weighted by molar-refractivity contribution is 5.95. The molecule has 0 spiro atoms. The molecule has 0 saturated carbocycles. The number of nitrogens with zero attached hydrogens (tertiary/aromatic N) is 2. The Balaban J connectivity index is 2.09. The maximum Gasteiger partial charge on any atom is 0.122 e. The van der Waals surface area contributed by atoms with Gasteiger partial charge in [-0.15, -0.1) is 0 Å². The number of aryl methyl sites for hydroxylation is 1. The van der Waals surface area contributed by atoms with Gasteiger partial charge in [0, 0.05) is 37.3 Å². The number of nitrogens with one attached hydrogen (secondary N) is 1. The molecule has 0 aromatic heterocycles. The van der Waals surface area contributed by atoms with Crippen LogP contribution in [0.15, 0.2) is 18.2 Å². The molecule has 1 aromatic carbocycles. The lowest BCUT2D eigenvalue weighted by Crippen LogP contribution is -2.57. The second-order valence-electron chi connectivity index (χ2n) is 6.50. The largest absolute Gasteiger partial charge is 0.384 e. The van der Waals surface area contributed by atoms with E-state index in [4.69, 9.17) is 11.1 Å². The number of nitrogen functional groups attached to an aromatic ring is 1. The van der Waals surface area contributed by atoms with Gasteiger partial charge in [0.25, 0.3) is 0 Å². The van der Waals surface area contributed by atoms with E-state index in [0.29, 0.717) is 0 Å². The Morgan fingerprint density at radius 3 is 2.60 bits per heavy atom. The van der Waals surface area contributed by atoms with Crippen molar-refractivity contribution in [3.05, 3.63) is 34.9 Å². The summed E-state index contributed by atoms with van der Waals surface area (Å²) in [5.41, 5.74) is 9.12. The van der Waals surface area contributed by atoms with E-state index in [1.54, 1.807) is 0 Å². The lowest BCUT2D eigenvalue weighted by molar-refractivity contribution is 0.0359. The number of likely N-dealkylation sites (N-methyl/N-ethyl adjacent to an activating group) is 1. The molecular weight excluding hydrogens is 248 g/mol. The normalized spacial score (nSPS) is 20.0. The number of rotatable bonds is 3. The minimum Gasteiger partial charge on any atom is -0.384 e. The van der Waals surface area contributed by atoms with Crippen LogP contribution in [0.3, 0.4) is 0 Å². The van der Waals surface area contributed by atoms with Crippen molar-refractivity contribution >= 4 is 5.84 Å². The summed E-state index contributed by atoms with van der Waals surface area (Å²) in [5.74, 6) is 0.139. The highest BCUT2D eigenvalue weighted by Gasteiger charge is 2.30. The third-order valence-corrected chi connectivity index (χ3v) is 4.44. The van der Waals surface area contributed by atoms with Crippen LogP contribution < -0.4 is 5.73 Å². The minimum absolute atomic E-state index is 0.139. The lowest BCUT2D eigenvalue weighted by Gasteiger charge is -2.45. The average Bonchev–Trinajstić information content (AvgIpc) is 2.35. The number of amidine groups is 1. The molecule has 1 aliphatic heterocycles. The Bertz CT molecular complexity index is 507. The van der Waals surface area contributed by atoms with Crippen LogP contribution >= 0.6 is 0 Å². The minimum atomic E-state index is 0.139. The average molecular weight is 274 g/mol. The number of hydrogen-bond donors (Lipinski definition) is 2. The summed E-state index contributed by atoms with van der Waals surface area (Å²) < 4.78 is 0. The third kappa shape index (κ3) is 3.19. The first kappa shape index (κ1) is 15.0. The van der Waals surface area contributed by atoms with Crippen molar-refractivity contribution in [2.45, 2.75) is 32.9 Å². The Labute approximate surface area is 122 Å². The van der Waals surface area contributed by atoms with Crippen molar-refractivity contribution in [3.8, 4) is 0 Å². The van der Waals surface area contributed by atoms with E-state index in [2.05, 4.69) is 43.7 Å². The highest BCUT2D eigenvalue weighted by Crippen LogP contribution is 2.21. The van der Waals surface area contributed by atoms with E-state index in [1.807, 2.05) is 12.1 Å². The molecule has 0 unspecified atom stereocenters. The van der Waals surface area contributed by atoms with Crippen LogP contribution in [-0.2, 0) is 6.54 Å². The van der Waals surface area contributed by atoms with Crippen molar-refractivity contribution in [1.29, 1.82) is 5.41 Å². The van der Waals surface area contributed by atoms with Crippen molar-refractivity contribution in [2.75, 3.05) is 26.7 Å². The Hall–Kier alpha value is -1.39.